The first-order valence-electron chi connectivity index (χ1n) is 11.5. The zero-order chi connectivity index (χ0) is 25.7. The second kappa shape index (κ2) is 11.1. The zero-order valence-corrected chi connectivity index (χ0v) is 22.3. The van der Waals surface area contributed by atoms with Crippen molar-refractivity contribution in [3.05, 3.63) is 94.5 Å². The molecule has 0 fully saturated rings. The zero-order valence-electron chi connectivity index (χ0n) is 20.7. The van der Waals surface area contributed by atoms with Crippen molar-refractivity contribution < 1.29 is 4.79 Å². The van der Waals surface area contributed by atoms with E-state index in [1.807, 2.05) is 72.2 Å². The van der Waals surface area contributed by atoms with Gasteiger partial charge in [-0.25, -0.2) is 5.43 Å². The topological polar surface area (TPSA) is 72.2 Å². The molecule has 36 heavy (non-hydrogen) atoms. The Morgan fingerprint density at radius 1 is 1.00 bits per heavy atom. The molecule has 1 amide bonds. The SMILES string of the molecule is Cc1ccc(-n2c(SCC(=O)NN=Cc3ccc(C(C)(C)C)cc3)nnc2-c2ccc(Cl)cc2)cc1. The van der Waals surface area contributed by atoms with Gasteiger partial charge in [0.2, 0.25) is 0 Å². The Labute approximate surface area is 220 Å². The molecule has 8 heteroatoms. The Balaban J connectivity index is 1.46. The lowest BCUT2D eigenvalue weighted by molar-refractivity contribution is -0.118. The van der Waals surface area contributed by atoms with Gasteiger partial charge in [0.25, 0.3) is 5.91 Å². The molecule has 4 aromatic rings. The average molecular weight is 518 g/mol. The molecule has 0 atom stereocenters. The monoisotopic (exact) mass is 517 g/mol. The van der Waals surface area contributed by atoms with Gasteiger partial charge < -0.3 is 0 Å². The van der Waals surface area contributed by atoms with Gasteiger partial charge in [-0.15, -0.1) is 10.2 Å². The van der Waals surface area contributed by atoms with Crippen molar-refractivity contribution >= 4 is 35.5 Å². The summed E-state index contributed by atoms with van der Waals surface area (Å²) >= 11 is 7.37. The van der Waals surface area contributed by atoms with Gasteiger partial charge >= 0.3 is 0 Å². The maximum absolute atomic E-state index is 12.5. The molecule has 0 spiro atoms. The maximum atomic E-state index is 12.5. The first kappa shape index (κ1) is 25.7. The number of nitrogens with zero attached hydrogens (tertiary/aromatic N) is 4. The van der Waals surface area contributed by atoms with Gasteiger partial charge in [-0.3, -0.25) is 9.36 Å². The number of hydrazone groups is 1. The van der Waals surface area contributed by atoms with Crippen LogP contribution in [0.5, 0.6) is 0 Å². The van der Waals surface area contributed by atoms with Crippen molar-refractivity contribution in [3.63, 3.8) is 0 Å². The highest BCUT2D eigenvalue weighted by Gasteiger charge is 2.17. The van der Waals surface area contributed by atoms with E-state index in [1.165, 1.54) is 17.3 Å². The van der Waals surface area contributed by atoms with Gasteiger partial charge in [0, 0.05) is 16.3 Å². The Hall–Kier alpha value is -3.42. The number of amides is 1. The van der Waals surface area contributed by atoms with Gasteiger partial charge in [-0.1, -0.05) is 86.1 Å². The molecule has 184 valence electrons. The van der Waals surface area contributed by atoms with Crippen molar-refractivity contribution in [1.82, 2.24) is 20.2 Å². The second-order valence-corrected chi connectivity index (χ2v) is 10.8. The van der Waals surface area contributed by atoms with Crippen LogP contribution in [-0.4, -0.2) is 32.6 Å². The quantitative estimate of drug-likeness (QED) is 0.174. The minimum absolute atomic E-state index is 0.0909. The molecule has 0 aliphatic rings. The summed E-state index contributed by atoms with van der Waals surface area (Å²) in [6.45, 7) is 8.56. The van der Waals surface area contributed by atoms with Crippen LogP contribution in [0.3, 0.4) is 0 Å². The fourth-order valence-corrected chi connectivity index (χ4v) is 4.36. The summed E-state index contributed by atoms with van der Waals surface area (Å²) in [4.78, 5) is 12.5. The number of halogens is 1. The minimum atomic E-state index is -0.228. The van der Waals surface area contributed by atoms with Crippen molar-refractivity contribution in [2.75, 3.05) is 5.75 Å². The summed E-state index contributed by atoms with van der Waals surface area (Å²) in [5.41, 5.74) is 7.80. The molecule has 1 heterocycles. The molecule has 1 aromatic heterocycles. The fraction of sp³-hybridized carbons (Fsp3) is 0.214. The molecule has 0 aliphatic heterocycles. The standard InChI is InChI=1S/C28H28ClN5OS/c1-19-5-15-24(16-6-19)34-26(21-9-13-23(29)14-10-21)32-33-27(34)36-18-25(35)31-30-17-20-7-11-22(12-8-20)28(2,3)4/h5-17H,18H2,1-4H3,(H,31,35). The molecule has 6 nitrogen and oxygen atoms in total. The molecule has 4 rings (SSSR count). The molecular formula is C28H28ClN5OS. The number of thioether (sulfide) groups is 1. The van der Waals surface area contributed by atoms with Gasteiger partial charge in [0.05, 0.1) is 12.0 Å². The first-order chi connectivity index (χ1) is 17.2. The Kier molecular flexibility index (Phi) is 7.91. The van der Waals surface area contributed by atoms with Gasteiger partial charge in [-0.2, -0.15) is 5.10 Å². The Bertz CT molecular complexity index is 1360. The first-order valence-corrected chi connectivity index (χ1v) is 12.9. The fourth-order valence-electron chi connectivity index (χ4n) is 3.49. The maximum Gasteiger partial charge on any atom is 0.250 e. The lowest BCUT2D eigenvalue weighted by Gasteiger charge is -2.18. The summed E-state index contributed by atoms with van der Waals surface area (Å²) < 4.78 is 1.95. The molecule has 1 N–H and O–H groups in total. The van der Waals surface area contributed by atoms with E-state index in [4.69, 9.17) is 11.6 Å². The third-order valence-corrected chi connectivity index (χ3v) is 6.72. The number of rotatable bonds is 7. The Morgan fingerprint density at radius 2 is 1.67 bits per heavy atom. The summed E-state index contributed by atoms with van der Waals surface area (Å²) in [7, 11) is 0. The molecular weight excluding hydrogens is 490 g/mol. The summed E-state index contributed by atoms with van der Waals surface area (Å²) in [6, 6.07) is 23.7. The van der Waals surface area contributed by atoms with Crippen LogP contribution >= 0.6 is 23.4 Å². The number of hydrogen-bond acceptors (Lipinski definition) is 5. The molecule has 3 aromatic carbocycles. The van der Waals surface area contributed by atoms with E-state index >= 15 is 0 Å². The van der Waals surface area contributed by atoms with Crippen LogP contribution < -0.4 is 5.43 Å². The van der Waals surface area contributed by atoms with Crippen LogP contribution in [0.2, 0.25) is 5.02 Å². The van der Waals surface area contributed by atoms with E-state index in [2.05, 4.69) is 53.6 Å². The number of nitrogens with one attached hydrogen (secondary N) is 1. The minimum Gasteiger partial charge on any atom is -0.272 e. The average Bonchev–Trinajstić information content (AvgIpc) is 3.27. The van der Waals surface area contributed by atoms with Crippen LogP contribution in [0.1, 0.15) is 37.5 Å². The van der Waals surface area contributed by atoms with Crippen molar-refractivity contribution in [3.8, 4) is 17.1 Å². The van der Waals surface area contributed by atoms with Crippen LogP contribution in [0, 0.1) is 6.92 Å². The van der Waals surface area contributed by atoms with Crippen LogP contribution in [0.25, 0.3) is 17.1 Å². The van der Waals surface area contributed by atoms with Gasteiger partial charge in [0.1, 0.15) is 0 Å². The molecule has 0 saturated heterocycles. The lowest BCUT2D eigenvalue weighted by Crippen LogP contribution is -2.20. The number of aryl methyl sites for hydroxylation is 1. The van der Waals surface area contributed by atoms with E-state index in [0.717, 1.165) is 22.4 Å². The van der Waals surface area contributed by atoms with Crippen LogP contribution in [0.15, 0.2) is 83.1 Å². The predicted molar refractivity (Wildman–Crippen MR) is 148 cm³/mol. The molecule has 0 aliphatic carbocycles. The highest BCUT2D eigenvalue weighted by molar-refractivity contribution is 7.99. The summed E-state index contributed by atoms with van der Waals surface area (Å²) in [5, 5.41) is 14.1. The molecule has 0 bridgehead atoms. The predicted octanol–water partition coefficient (Wildman–Crippen LogP) is 6.44. The second-order valence-electron chi connectivity index (χ2n) is 9.44. The van der Waals surface area contributed by atoms with Crippen LogP contribution in [0.4, 0.5) is 0 Å². The van der Waals surface area contributed by atoms with E-state index in [-0.39, 0.29) is 17.1 Å². The van der Waals surface area contributed by atoms with E-state index in [0.29, 0.717) is 16.0 Å². The Morgan fingerprint density at radius 3 is 2.31 bits per heavy atom. The van der Waals surface area contributed by atoms with Gasteiger partial charge in [-0.05, 0) is 59.9 Å². The van der Waals surface area contributed by atoms with Crippen LogP contribution in [-0.2, 0) is 10.2 Å². The van der Waals surface area contributed by atoms with Crippen molar-refractivity contribution in [2.24, 2.45) is 5.10 Å². The smallest absolute Gasteiger partial charge is 0.250 e. The highest BCUT2D eigenvalue weighted by atomic mass is 35.5. The highest BCUT2D eigenvalue weighted by Crippen LogP contribution is 2.29. The summed E-state index contributed by atoms with van der Waals surface area (Å²) in [6.07, 6.45) is 1.64. The van der Waals surface area contributed by atoms with Gasteiger partial charge in [0.15, 0.2) is 11.0 Å². The third kappa shape index (κ3) is 6.42. The van der Waals surface area contributed by atoms with Crippen molar-refractivity contribution in [1.29, 1.82) is 0 Å². The number of benzene rings is 3. The van der Waals surface area contributed by atoms with E-state index < -0.39 is 0 Å². The summed E-state index contributed by atoms with van der Waals surface area (Å²) in [5.74, 6) is 0.592. The molecule has 0 unspecified atom stereocenters. The normalized spacial score (nSPS) is 11.7. The number of carbonyl (C=O) groups excluding carboxylic acids is 1. The molecule has 0 radical (unpaired) electrons. The number of hydrogen-bond donors (Lipinski definition) is 1. The van der Waals surface area contributed by atoms with Crippen molar-refractivity contribution in [2.45, 2.75) is 38.3 Å². The largest absolute Gasteiger partial charge is 0.272 e. The van der Waals surface area contributed by atoms with E-state index in [9.17, 15) is 4.79 Å². The lowest BCUT2D eigenvalue weighted by atomic mass is 9.87. The number of carbonyl (C=O) groups is 1. The van der Waals surface area contributed by atoms with E-state index in [1.54, 1.807) is 6.21 Å². The molecule has 0 saturated carbocycles. The number of aromatic nitrogens is 3. The third-order valence-electron chi connectivity index (χ3n) is 5.54.